The molecule has 1 amide bonds. The lowest BCUT2D eigenvalue weighted by molar-refractivity contribution is -0.126. The van der Waals surface area contributed by atoms with E-state index in [2.05, 4.69) is 20.6 Å². The number of hydrogen-bond donors (Lipinski definition) is 2. The van der Waals surface area contributed by atoms with Crippen LogP contribution in [0.5, 0.6) is 0 Å². The molecule has 1 fully saturated rings. The van der Waals surface area contributed by atoms with Crippen molar-refractivity contribution in [1.29, 1.82) is 0 Å². The molecule has 0 bridgehead atoms. The molecule has 1 unspecified atom stereocenters. The summed E-state index contributed by atoms with van der Waals surface area (Å²) in [5.74, 6) is 0.116. The Morgan fingerprint density at radius 3 is 2.89 bits per heavy atom. The highest BCUT2D eigenvalue weighted by molar-refractivity contribution is 5.81. The summed E-state index contributed by atoms with van der Waals surface area (Å²) in [7, 11) is 1.90. The summed E-state index contributed by atoms with van der Waals surface area (Å²) in [6, 6.07) is -0.0454. The van der Waals surface area contributed by atoms with E-state index in [-0.39, 0.29) is 11.9 Å². The van der Waals surface area contributed by atoms with Gasteiger partial charge in [-0.25, -0.2) is 0 Å². The quantitative estimate of drug-likeness (QED) is 0.744. The van der Waals surface area contributed by atoms with Crippen LogP contribution in [0.4, 0.5) is 0 Å². The largest absolute Gasteiger partial charge is 0.354 e. The summed E-state index contributed by atoms with van der Waals surface area (Å²) in [5.41, 5.74) is 1.15. The zero-order valence-corrected chi connectivity index (χ0v) is 11.7. The van der Waals surface area contributed by atoms with Crippen molar-refractivity contribution in [2.75, 3.05) is 32.7 Å². The van der Waals surface area contributed by atoms with E-state index < -0.39 is 0 Å². The average Bonchev–Trinajstić information content (AvgIpc) is 2.84. The van der Waals surface area contributed by atoms with E-state index in [0.29, 0.717) is 6.54 Å². The van der Waals surface area contributed by atoms with Crippen molar-refractivity contribution in [3.63, 3.8) is 0 Å². The number of nitrogens with zero attached hydrogens (tertiary/aromatic N) is 3. The summed E-state index contributed by atoms with van der Waals surface area (Å²) < 4.78 is 1.78. The monoisotopic (exact) mass is 265 g/mol. The van der Waals surface area contributed by atoms with Crippen LogP contribution in [-0.4, -0.2) is 59.4 Å². The lowest BCUT2D eigenvalue weighted by atomic mass is 10.2. The maximum absolute atomic E-state index is 12.0. The molecular formula is C13H23N5O. The fraction of sp³-hybridized carbons (Fsp3) is 0.692. The molecule has 0 saturated carbocycles. The minimum absolute atomic E-state index is 0.0454. The molecule has 1 aliphatic heterocycles. The molecule has 0 radical (unpaired) electrons. The smallest absolute Gasteiger partial charge is 0.237 e. The first-order chi connectivity index (χ1) is 9.16. The number of carbonyl (C=O) groups is 1. The van der Waals surface area contributed by atoms with Crippen LogP contribution in [0.25, 0.3) is 0 Å². The molecule has 1 aliphatic rings. The van der Waals surface area contributed by atoms with Crippen LogP contribution in [0.3, 0.4) is 0 Å². The number of aryl methyl sites for hydroxylation is 1. The molecule has 1 saturated heterocycles. The van der Waals surface area contributed by atoms with Gasteiger partial charge in [0.25, 0.3) is 0 Å². The number of amides is 1. The molecule has 1 atom stereocenters. The molecule has 2 rings (SSSR count). The Morgan fingerprint density at radius 2 is 2.26 bits per heavy atom. The first-order valence-electron chi connectivity index (χ1n) is 6.87. The van der Waals surface area contributed by atoms with E-state index in [9.17, 15) is 4.79 Å². The molecule has 106 valence electrons. The van der Waals surface area contributed by atoms with E-state index in [4.69, 9.17) is 0 Å². The maximum Gasteiger partial charge on any atom is 0.237 e. The Balaban J connectivity index is 1.71. The lowest BCUT2D eigenvalue weighted by Crippen LogP contribution is -2.52. The van der Waals surface area contributed by atoms with Crippen LogP contribution in [0, 0.1) is 0 Å². The van der Waals surface area contributed by atoms with E-state index in [1.807, 2.05) is 26.4 Å². The van der Waals surface area contributed by atoms with Gasteiger partial charge in [0, 0.05) is 46.0 Å². The normalized spacial score (nSPS) is 18.2. The Labute approximate surface area is 114 Å². The van der Waals surface area contributed by atoms with Crippen molar-refractivity contribution in [3.8, 4) is 0 Å². The highest BCUT2D eigenvalue weighted by Crippen LogP contribution is 2.01. The van der Waals surface area contributed by atoms with Gasteiger partial charge in [0.2, 0.25) is 5.91 Å². The molecule has 0 spiro atoms. The number of rotatable bonds is 5. The molecular weight excluding hydrogens is 242 g/mol. The number of hydrogen-bond acceptors (Lipinski definition) is 4. The fourth-order valence-electron chi connectivity index (χ4n) is 2.31. The van der Waals surface area contributed by atoms with Crippen LogP contribution in [0.2, 0.25) is 0 Å². The Hall–Kier alpha value is -1.40. The zero-order chi connectivity index (χ0) is 13.7. The Morgan fingerprint density at radius 1 is 1.53 bits per heavy atom. The van der Waals surface area contributed by atoms with Crippen molar-refractivity contribution >= 4 is 5.91 Å². The van der Waals surface area contributed by atoms with E-state index in [0.717, 1.165) is 38.2 Å². The number of carbonyl (C=O) groups excluding carboxylic acids is 1. The van der Waals surface area contributed by atoms with Gasteiger partial charge >= 0.3 is 0 Å². The molecule has 2 heterocycles. The summed E-state index contributed by atoms with van der Waals surface area (Å²) in [5, 5.41) is 10.4. The van der Waals surface area contributed by atoms with Crippen molar-refractivity contribution in [3.05, 3.63) is 18.0 Å². The third-order valence-electron chi connectivity index (χ3n) is 3.55. The minimum atomic E-state index is -0.0454. The Kier molecular flexibility index (Phi) is 4.93. The maximum atomic E-state index is 12.0. The summed E-state index contributed by atoms with van der Waals surface area (Å²) in [6.45, 7) is 6.46. The third-order valence-corrected chi connectivity index (χ3v) is 3.55. The van der Waals surface area contributed by atoms with Crippen LogP contribution in [0.15, 0.2) is 12.4 Å². The SMILES string of the molecule is CC(C(=O)NCCc1cnn(C)c1)N1CCNCC1. The lowest BCUT2D eigenvalue weighted by Gasteiger charge is -2.31. The van der Waals surface area contributed by atoms with Gasteiger partial charge in [-0.3, -0.25) is 14.4 Å². The third kappa shape index (κ3) is 4.04. The Bertz CT molecular complexity index is 411. The molecule has 19 heavy (non-hydrogen) atoms. The van der Waals surface area contributed by atoms with Gasteiger partial charge < -0.3 is 10.6 Å². The molecule has 0 aliphatic carbocycles. The standard InChI is InChI=1S/C13H23N5O/c1-11(18-7-5-14-6-8-18)13(19)15-4-3-12-9-16-17(2)10-12/h9-11,14H,3-8H2,1-2H3,(H,15,19). The number of piperazine rings is 1. The highest BCUT2D eigenvalue weighted by Gasteiger charge is 2.22. The second-order valence-electron chi connectivity index (χ2n) is 5.03. The van der Waals surface area contributed by atoms with Gasteiger partial charge in [0.05, 0.1) is 12.2 Å². The zero-order valence-electron chi connectivity index (χ0n) is 11.7. The molecule has 6 nitrogen and oxygen atoms in total. The average molecular weight is 265 g/mol. The van der Waals surface area contributed by atoms with E-state index >= 15 is 0 Å². The summed E-state index contributed by atoms with van der Waals surface area (Å²) in [6.07, 6.45) is 4.64. The van der Waals surface area contributed by atoms with Crippen LogP contribution in [0.1, 0.15) is 12.5 Å². The number of nitrogens with one attached hydrogen (secondary N) is 2. The van der Waals surface area contributed by atoms with Crippen LogP contribution in [-0.2, 0) is 18.3 Å². The summed E-state index contributed by atoms with van der Waals surface area (Å²) >= 11 is 0. The van der Waals surface area contributed by atoms with Crippen LogP contribution >= 0.6 is 0 Å². The molecule has 1 aromatic rings. The first-order valence-corrected chi connectivity index (χ1v) is 6.87. The van der Waals surface area contributed by atoms with Crippen molar-refractivity contribution in [2.24, 2.45) is 7.05 Å². The van der Waals surface area contributed by atoms with Crippen LogP contribution < -0.4 is 10.6 Å². The summed E-state index contributed by atoms with van der Waals surface area (Å²) in [4.78, 5) is 14.3. The van der Waals surface area contributed by atoms with Crippen molar-refractivity contribution in [2.45, 2.75) is 19.4 Å². The van der Waals surface area contributed by atoms with Crippen molar-refractivity contribution < 1.29 is 4.79 Å². The first kappa shape index (κ1) is 14.0. The fourth-order valence-corrected chi connectivity index (χ4v) is 2.31. The highest BCUT2D eigenvalue weighted by atomic mass is 16.2. The topological polar surface area (TPSA) is 62.2 Å². The van der Waals surface area contributed by atoms with Gasteiger partial charge in [0.15, 0.2) is 0 Å². The van der Waals surface area contributed by atoms with Gasteiger partial charge in [0.1, 0.15) is 0 Å². The minimum Gasteiger partial charge on any atom is -0.354 e. The van der Waals surface area contributed by atoms with E-state index in [1.165, 1.54) is 0 Å². The van der Waals surface area contributed by atoms with Crippen molar-refractivity contribution in [1.82, 2.24) is 25.3 Å². The van der Waals surface area contributed by atoms with Gasteiger partial charge in [-0.2, -0.15) is 5.10 Å². The number of aromatic nitrogens is 2. The molecule has 1 aromatic heterocycles. The molecule has 2 N–H and O–H groups in total. The predicted octanol–water partition coefficient (Wildman–Crippen LogP) is -0.627. The van der Waals surface area contributed by atoms with Gasteiger partial charge in [-0.15, -0.1) is 0 Å². The molecule has 6 heteroatoms. The predicted molar refractivity (Wildman–Crippen MR) is 73.8 cm³/mol. The molecule has 0 aromatic carbocycles. The van der Waals surface area contributed by atoms with Gasteiger partial charge in [-0.1, -0.05) is 0 Å². The second kappa shape index (κ2) is 6.68. The second-order valence-corrected chi connectivity index (χ2v) is 5.03. The van der Waals surface area contributed by atoms with E-state index in [1.54, 1.807) is 4.68 Å². The van der Waals surface area contributed by atoms with Gasteiger partial charge in [-0.05, 0) is 18.9 Å².